The predicted octanol–water partition coefficient (Wildman–Crippen LogP) is 4.14. The van der Waals surface area contributed by atoms with Gasteiger partial charge in [0.05, 0.1) is 0 Å². The second kappa shape index (κ2) is 7.20. The van der Waals surface area contributed by atoms with Crippen molar-refractivity contribution in [1.82, 2.24) is 4.90 Å². The maximum atomic E-state index is 6.01. The molecule has 3 rings (SSSR count). The second-order valence-corrected chi connectivity index (χ2v) is 7.04. The van der Waals surface area contributed by atoms with E-state index in [0.29, 0.717) is 11.6 Å². The van der Waals surface area contributed by atoms with Gasteiger partial charge < -0.3 is 14.4 Å². The molecule has 1 aromatic rings. The van der Waals surface area contributed by atoms with Gasteiger partial charge >= 0.3 is 0 Å². The molecular weight excluding hydrogens is 298 g/mol. The molecule has 0 atom stereocenters. The molecule has 0 amide bonds. The maximum Gasteiger partial charge on any atom is 0.120 e. The van der Waals surface area contributed by atoms with Gasteiger partial charge in [-0.05, 0) is 43.9 Å². The molecule has 1 saturated carbocycles. The minimum atomic E-state index is -0.155. The van der Waals surface area contributed by atoms with Crippen molar-refractivity contribution in [3.8, 4) is 5.75 Å². The van der Waals surface area contributed by atoms with Crippen LogP contribution in [0.15, 0.2) is 24.3 Å². The van der Waals surface area contributed by atoms with Gasteiger partial charge in [0, 0.05) is 31.3 Å². The first-order valence-corrected chi connectivity index (χ1v) is 8.76. The van der Waals surface area contributed by atoms with E-state index in [4.69, 9.17) is 21.1 Å². The summed E-state index contributed by atoms with van der Waals surface area (Å²) in [6.45, 7) is 2.84. The molecule has 0 N–H and O–H groups in total. The van der Waals surface area contributed by atoms with E-state index in [1.54, 1.807) is 0 Å². The van der Waals surface area contributed by atoms with Gasteiger partial charge in [0.15, 0.2) is 0 Å². The van der Waals surface area contributed by atoms with Gasteiger partial charge in [0.1, 0.15) is 18.0 Å². The van der Waals surface area contributed by atoms with Crippen molar-refractivity contribution in [3.05, 3.63) is 29.3 Å². The van der Waals surface area contributed by atoms with E-state index in [9.17, 15) is 0 Å². The smallest absolute Gasteiger partial charge is 0.120 e. The standard InChI is InChI=1S/C18H26ClNO2/c1-21-18(14-22-17-8-4-5-15(19)13-17)9-11-20(12-10-18)16-6-2-3-7-16/h4-5,8,13,16H,2-3,6-7,9-12,14H2,1H3. The van der Waals surface area contributed by atoms with Crippen LogP contribution in [0.4, 0.5) is 0 Å². The van der Waals surface area contributed by atoms with Crippen LogP contribution < -0.4 is 4.74 Å². The van der Waals surface area contributed by atoms with E-state index >= 15 is 0 Å². The summed E-state index contributed by atoms with van der Waals surface area (Å²) in [5, 5.41) is 0.708. The van der Waals surface area contributed by atoms with Crippen molar-refractivity contribution < 1.29 is 9.47 Å². The Labute approximate surface area is 138 Å². The molecule has 22 heavy (non-hydrogen) atoms. The van der Waals surface area contributed by atoms with Crippen molar-refractivity contribution in [1.29, 1.82) is 0 Å². The van der Waals surface area contributed by atoms with Crippen LogP contribution in [0.2, 0.25) is 5.02 Å². The van der Waals surface area contributed by atoms with Crippen molar-refractivity contribution in [2.45, 2.75) is 50.2 Å². The molecule has 0 bridgehead atoms. The third-order valence-corrected chi connectivity index (χ3v) is 5.52. The van der Waals surface area contributed by atoms with Crippen LogP contribution in [0, 0.1) is 0 Å². The van der Waals surface area contributed by atoms with Crippen LogP contribution in [0.5, 0.6) is 5.75 Å². The zero-order valence-corrected chi connectivity index (χ0v) is 14.1. The fourth-order valence-electron chi connectivity index (χ4n) is 3.75. The number of halogens is 1. The van der Waals surface area contributed by atoms with E-state index in [-0.39, 0.29) is 5.60 Å². The minimum absolute atomic E-state index is 0.155. The quantitative estimate of drug-likeness (QED) is 0.812. The Bertz CT molecular complexity index is 480. The van der Waals surface area contributed by atoms with E-state index in [1.165, 1.54) is 25.7 Å². The van der Waals surface area contributed by atoms with Crippen LogP contribution in [0.1, 0.15) is 38.5 Å². The molecule has 0 aromatic heterocycles. The number of nitrogens with zero attached hydrogens (tertiary/aromatic N) is 1. The molecule has 1 aromatic carbocycles. The summed E-state index contributed by atoms with van der Waals surface area (Å²) in [5.74, 6) is 0.821. The van der Waals surface area contributed by atoms with Crippen LogP contribution in [0.25, 0.3) is 0 Å². The molecule has 1 aliphatic heterocycles. The van der Waals surface area contributed by atoms with E-state index < -0.39 is 0 Å². The molecule has 2 aliphatic rings. The van der Waals surface area contributed by atoms with Crippen LogP contribution >= 0.6 is 11.6 Å². The summed E-state index contributed by atoms with van der Waals surface area (Å²) in [6, 6.07) is 8.39. The molecule has 0 unspecified atom stereocenters. The Morgan fingerprint density at radius 3 is 2.59 bits per heavy atom. The lowest BCUT2D eigenvalue weighted by atomic mass is 9.91. The molecule has 1 heterocycles. The number of hydrogen-bond donors (Lipinski definition) is 0. The van der Waals surface area contributed by atoms with Crippen molar-refractivity contribution in [2.24, 2.45) is 0 Å². The van der Waals surface area contributed by atoms with Gasteiger partial charge in [-0.3, -0.25) is 0 Å². The first kappa shape index (κ1) is 16.1. The highest BCUT2D eigenvalue weighted by atomic mass is 35.5. The van der Waals surface area contributed by atoms with Crippen LogP contribution in [-0.4, -0.2) is 43.3 Å². The van der Waals surface area contributed by atoms with Crippen molar-refractivity contribution >= 4 is 11.6 Å². The Morgan fingerprint density at radius 1 is 1.23 bits per heavy atom. The van der Waals surface area contributed by atoms with Gasteiger partial charge in [0.25, 0.3) is 0 Å². The minimum Gasteiger partial charge on any atom is -0.491 e. The normalized spacial score (nSPS) is 22.8. The van der Waals surface area contributed by atoms with Crippen molar-refractivity contribution in [3.63, 3.8) is 0 Å². The maximum absolute atomic E-state index is 6.01. The number of likely N-dealkylation sites (tertiary alicyclic amines) is 1. The summed E-state index contributed by atoms with van der Waals surface area (Å²) in [6.07, 6.45) is 7.63. The van der Waals surface area contributed by atoms with Gasteiger partial charge in [-0.1, -0.05) is 30.5 Å². The lowest BCUT2D eigenvalue weighted by Gasteiger charge is -2.42. The number of hydrogen-bond acceptors (Lipinski definition) is 3. The molecule has 2 fully saturated rings. The number of benzene rings is 1. The van der Waals surface area contributed by atoms with Gasteiger partial charge in [-0.25, -0.2) is 0 Å². The first-order valence-electron chi connectivity index (χ1n) is 8.38. The highest BCUT2D eigenvalue weighted by Gasteiger charge is 2.37. The second-order valence-electron chi connectivity index (χ2n) is 6.61. The van der Waals surface area contributed by atoms with Crippen LogP contribution in [0.3, 0.4) is 0 Å². The highest BCUT2D eigenvalue weighted by molar-refractivity contribution is 6.30. The number of methoxy groups -OCH3 is 1. The molecule has 4 heteroatoms. The number of piperidine rings is 1. The van der Waals surface area contributed by atoms with Gasteiger partial charge in [-0.15, -0.1) is 0 Å². The summed E-state index contributed by atoms with van der Waals surface area (Å²) in [7, 11) is 1.81. The average molecular weight is 324 g/mol. The molecule has 0 spiro atoms. The zero-order chi connectivity index (χ0) is 15.4. The monoisotopic (exact) mass is 323 g/mol. The Kier molecular flexibility index (Phi) is 5.27. The Hall–Kier alpha value is -0.770. The molecule has 3 nitrogen and oxygen atoms in total. The molecule has 1 saturated heterocycles. The highest BCUT2D eigenvalue weighted by Crippen LogP contribution is 2.32. The van der Waals surface area contributed by atoms with Crippen molar-refractivity contribution in [2.75, 3.05) is 26.8 Å². The SMILES string of the molecule is COC1(COc2cccc(Cl)c2)CCN(C2CCCC2)CC1. The Morgan fingerprint density at radius 2 is 1.95 bits per heavy atom. The largest absolute Gasteiger partial charge is 0.491 e. The summed E-state index contributed by atoms with van der Waals surface area (Å²) < 4.78 is 11.8. The lowest BCUT2D eigenvalue weighted by Crippen LogP contribution is -2.51. The summed E-state index contributed by atoms with van der Waals surface area (Å²) >= 11 is 6.01. The Balaban J connectivity index is 1.54. The third kappa shape index (κ3) is 3.76. The summed E-state index contributed by atoms with van der Waals surface area (Å²) in [4.78, 5) is 2.66. The lowest BCUT2D eigenvalue weighted by molar-refractivity contribution is -0.0877. The first-order chi connectivity index (χ1) is 10.7. The molecule has 122 valence electrons. The molecule has 0 radical (unpaired) electrons. The number of rotatable bonds is 5. The average Bonchev–Trinajstić information content (AvgIpc) is 3.08. The number of ether oxygens (including phenoxy) is 2. The molecular formula is C18H26ClNO2. The van der Waals surface area contributed by atoms with E-state index in [2.05, 4.69) is 4.90 Å². The third-order valence-electron chi connectivity index (χ3n) is 5.28. The van der Waals surface area contributed by atoms with Gasteiger partial charge in [-0.2, -0.15) is 0 Å². The van der Waals surface area contributed by atoms with Crippen LogP contribution in [-0.2, 0) is 4.74 Å². The van der Waals surface area contributed by atoms with E-state index in [1.807, 2.05) is 31.4 Å². The topological polar surface area (TPSA) is 21.7 Å². The summed E-state index contributed by atoms with van der Waals surface area (Å²) in [5.41, 5.74) is -0.155. The molecule has 1 aliphatic carbocycles. The van der Waals surface area contributed by atoms with Gasteiger partial charge in [0.2, 0.25) is 0 Å². The zero-order valence-electron chi connectivity index (χ0n) is 13.4. The fraction of sp³-hybridized carbons (Fsp3) is 0.667. The fourth-order valence-corrected chi connectivity index (χ4v) is 3.93. The van der Waals surface area contributed by atoms with E-state index in [0.717, 1.165) is 37.7 Å². The predicted molar refractivity (Wildman–Crippen MR) is 89.8 cm³/mol.